The number of hydrogen-bond donors (Lipinski definition) is 0. The summed E-state index contributed by atoms with van der Waals surface area (Å²) < 4.78 is 6.67. The number of hydrogen-bond acceptors (Lipinski definition) is 3. The van der Waals surface area contributed by atoms with Crippen molar-refractivity contribution in [2.75, 3.05) is 6.61 Å². The van der Waals surface area contributed by atoms with Crippen molar-refractivity contribution in [3.63, 3.8) is 0 Å². The monoisotopic (exact) mass is 254 g/mol. The van der Waals surface area contributed by atoms with Gasteiger partial charge >= 0.3 is 5.97 Å². The van der Waals surface area contributed by atoms with Crippen LogP contribution in [0, 0.1) is 11.3 Å². The van der Waals surface area contributed by atoms with Gasteiger partial charge < -0.3 is 9.30 Å². The zero-order valence-corrected chi connectivity index (χ0v) is 10.7. The topological polar surface area (TPSA) is 55.0 Å². The van der Waals surface area contributed by atoms with E-state index in [4.69, 9.17) is 10.00 Å². The first-order valence-electron chi connectivity index (χ1n) is 6.07. The third-order valence-electron chi connectivity index (χ3n) is 2.76. The number of nitriles is 1. The third-order valence-corrected chi connectivity index (χ3v) is 2.76. The van der Waals surface area contributed by atoms with Crippen LogP contribution in [0.1, 0.15) is 28.7 Å². The second kappa shape index (κ2) is 5.87. The second-order valence-electron chi connectivity index (χ2n) is 4.01. The number of carbonyl (C=O) groups excluding carboxylic acids is 1. The lowest BCUT2D eigenvalue weighted by molar-refractivity contribution is 0.0514. The lowest BCUT2D eigenvalue weighted by Crippen LogP contribution is -2.14. The first-order chi connectivity index (χ1) is 9.26. The molecule has 0 radical (unpaired) electrons. The van der Waals surface area contributed by atoms with Gasteiger partial charge in [0.05, 0.1) is 6.61 Å². The van der Waals surface area contributed by atoms with Crippen molar-refractivity contribution in [3.8, 4) is 6.07 Å². The zero-order valence-electron chi connectivity index (χ0n) is 10.7. The maximum absolute atomic E-state index is 11.8. The summed E-state index contributed by atoms with van der Waals surface area (Å²) in [4.78, 5) is 11.8. The summed E-state index contributed by atoms with van der Waals surface area (Å²) in [5.74, 6) is -0.403. The number of benzene rings is 1. The van der Waals surface area contributed by atoms with E-state index in [1.165, 1.54) is 0 Å². The van der Waals surface area contributed by atoms with Crippen LogP contribution in [0.15, 0.2) is 42.5 Å². The van der Waals surface area contributed by atoms with Gasteiger partial charge in [-0.05, 0) is 24.6 Å². The summed E-state index contributed by atoms with van der Waals surface area (Å²) in [5.41, 5.74) is 1.88. The van der Waals surface area contributed by atoms with E-state index in [0.29, 0.717) is 24.5 Å². The minimum absolute atomic E-state index is 0.317. The molecule has 0 saturated heterocycles. The van der Waals surface area contributed by atoms with Gasteiger partial charge in [0.1, 0.15) is 17.5 Å². The zero-order chi connectivity index (χ0) is 13.7. The molecule has 0 saturated carbocycles. The molecule has 4 heteroatoms. The Hall–Kier alpha value is -2.54. The number of aromatic nitrogens is 1. The van der Waals surface area contributed by atoms with Crippen molar-refractivity contribution >= 4 is 5.97 Å². The van der Waals surface area contributed by atoms with Gasteiger partial charge in [-0.15, -0.1) is 0 Å². The van der Waals surface area contributed by atoms with Gasteiger partial charge in [-0.1, -0.05) is 30.3 Å². The molecule has 0 aliphatic rings. The Morgan fingerprint density at radius 3 is 2.63 bits per heavy atom. The van der Waals surface area contributed by atoms with E-state index < -0.39 is 5.97 Å². The van der Waals surface area contributed by atoms with Gasteiger partial charge in [0.2, 0.25) is 0 Å². The summed E-state index contributed by atoms with van der Waals surface area (Å²) in [5, 5.41) is 9.10. The van der Waals surface area contributed by atoms with E-state index in [9.17, 15) is 4.79 Å². The molecular formula is C15H14N2O2. The molecular weight excluding hydrogens is 240 g/mol. The molecule has 0 atom stereocenters. The molecule has 1 aromatic carbocycles. The highest BCUT2D eigenvalue weighted by Crippen LogP contribution is 2.13. The van der Waals surface area contributed by atoms with Crippen molar-refractivity contribution in [1.29, 1.82) is 5.26 Å². The Kier molecular flexibility index (Phi) is 3.99. The highest BCUT2D eigenvalue weighted by Gasteiger charge is 2.15. The lowest BCUT2D eigenvalue weighted by Gasteiger charge is -2.10. The number of ether oxygens (including phenoxy) is 1. The van der Waals surface area contributed by atoms with Gasteiger partial charge in [0.25, 0.3) is 0 Å². The molecule has 19 heavy (non-hydrogen) atoms. The molecule has 0 aliphatic heterocycles. The number of esters is 1. The largest absolute Gasteiger partial charge is 0.461 e. The van der Waals surface area contributed by atoms with Gasteiger partial charge in [0, 0.05) is 6.54 Å². The fraction of sp³-hybridized carbons (Fsp3) is 0.200. The Balaban J connectivity index is 2.35. The van der Waals surface area contributed by atoms with Gasteiger partial charge in [-0.3, -0.25) is 0 Å². The minimum Gasteiger partial charge on any atom is -0.461 e. The van der Waals surface area contributed by atoms with E-state index in [1.54, 1.807) is 23.6 Å². The molecule has 0 unspecified atom stereocenters. The van der Waals surface area contributed by atoms with Crippen LogP contribution in [0.5, 0.6) is 0 Å². The summed E-state index contributed by atoms with van der Waals surface area (Å²) in [7, 11) is 0. The normalized spacial score (nSPS) is 9.89. The van der Waals surface area contributed by atoms with Crippen molar-refractivity contribution in [3.05, 3.63) is 59.4 Å². The first kappa shape index (κ1) is 12.9. The molecule has 0 amide bonds. The Labute approximate surface area is 111 Å². The second-order valence-corrected chi connectivity index (χ2v) is 4.01. The standard InChI is InChI=1S/C15H14N2O2/c1-2-19-15(18)14-9-8-13(10-16)17(14)11-12-6-4-3-5-7-12/h3-9H,2,11H2,1H3. The predicted octanol–water partition coefficient (Wildman–Crippen LogP) is 2.58. The highest BCUT2D eigenvalue weighted by molar-refractivity contribution is 5.88. The van der Waals surface area contributed by atoms with Crippen molar-refractivity contribution in [1.82, 2.24) is 4.57 Å². The van der Waals surface area contributed by atoms with Crippen LogP contribution >= 0.6 is 0 Å². The molecule has 0 bridgehead atoms. The van der Waals surface area contributed by atoms with E-state index in [2.05, 4.69) is 6.07 Å². The molecule has 0 aliphatic carbocycles. The molecule has 0 spiro atoms. The van der Waals surface area contributed by atoms with E-state index in [-0.39, 0.29) is 0 Å². The van der Waals surface area contributed by atoms with Crippen LogP contribution in [-0.2, 0) is 11.3 Å². The van der Waals surface area contributed by atoms with Gasteiger partial charge in [0.15, 0.2) is 0 Å². The summed E-state index contributed by atoms with van der Waals surface area (Å²) in [6, 6.07) is 15.0. The molecule has 2 rings (SSSR count). The minimum atomic E-state index is -0.403. The predicted molar refractivity (Wildman–Crippen MR) is 70.6 cm³/mol. The molecule has 0 fully saturated rings. The first-order valence-corrected chi connectivity index (χ1v) is 6.07. The fourth-order valence-corrected chi connectivity index (χ4v) is 1.88. The SMILES string of the molecule is CCOC(=O)c1ccc(C#N)n1Cc1ccccc1. The average Bonchev–Trinajstić information content (AvgIpc) is 2.83. The maximum atomic E-state index is 11.8. The molecule has 2 aromatic rings. The molecule has 1 aromatic heterocycles. The number of nitrogens with zero attached hydrogens (tertiary/aromatic N) is 2. The molecule has 96 valence electrons. The molecule has 0 N–H and O–H groups in total. The highest BCUT2D eigenvalue weighted by atomic mass is 16.5. The maximum Gasteiger partial charge on any atom is 0.354 e. The summed E-state index contributed by atoms with van der Waals surface area (Å²) >= 11 is 0. The van der Waals surface area contributed by atoms with Crippen LogP contribution in [0.3, 0.4) is 0 Å². The fourth-order valence-electron chi connectivity index (χ4n) is 1.88. The van der Waals surface area contributed by atoms with Crippen LogP contribution in [0.4, 0.5) is 0 Å². The van der Waals surface area contributed by atoms with E-state index in [1.807, 2.05) is 30.3 Å². The van der Waals surface area contributed by atoms with Crippen molar-refractivity contribution in [2.24, 2.45) is 0 Å². The quantitative estimate of drug-likeness (QED) is 0.788. The molecule has 1 heterocycles. The van der Waals surface area contributed by atoms with E-state index >= 15 is 0 Å². The van der Waals surface area contributed by atoms with Crippen LogP contribution in [0.25, 0.3) is 0 Å². The number of rotatable bonds is 4. The Bertz CT molecular complexity index is 609. The van der Waals surface area contributed by atoms with Crippen molar-refractivity contribution < 1.29 is 9.53 Å². The number of carbonyl (C=O) groups is 1. The smallest absolute Gasteiger partial charge is 0.354 e. The van der Waals surface area contributed by atoms with Crippen LogP contribution in [-0.4, -0.2) is 17.1 Å². The van der Waals surface area contributed by atoms with Crippen molar-refractivity contribution in [2.45, 2.75) is 13.5 Å². The third kappa shape index (κ3) is 2.83. The molecule has 4 nitrogen and oxygen atoms in total. The van der Waals surface area contributed by atoms with Gasteiger partial charge in [-0.25, -0.2) is 4.79 Å². The average molecular weight is 254 g/mol. The lowest BCUT2D eigenvalue weighted by atomic mass is 10.2. The Morgan fingerprint density at radius 2 is 2.00 bits per heavy atom. The van der Waals surface area contributed by atoms with Crippen LogP contribution < -0.4 is 0 Å². The van der Waals surface area contributed by atoms with Gasteiger partial charge in [-0.2, -0.15) is 5.26 Å². The Morgan fingerprint density at radius 1 is 1.26 bits per heavy atom. The summed E-state index contributed by atoms with van der Waals surface area (Å²) in [6.07, 6.45) is 0. The summed E-state index contributed by atoms with van der Waals surface area (Å²) in [6.45, 7) is 2.55. The van der Waals surface area contributed by atoms with E-state index in [0.717, 1.165) is 5.56 Å². The van der Waals surface area contributed by atoms with Crippen LogP contribution in [0.2, 0.25) is 0 Å².